The molecule has 4 aromatic rings. The van der Waals surface area contributed by atoms with Crippen LogP contribution in [0.2, 0.25) is 0 Å². The number of hydrogen-bond donors (Lipinski definition) is 2. The van der Waals surface area contributed by atoms with E-state index in [1.165, 1.54) is 17.4 Å². The first kappa shape index (κ1) is 38.3. The number of unbranched alkanes of at least 4 members (excludes halogenated alkanes) is 1. The van der Waals surface area contributed by atoms with Gasteiger partial charge in [0.25, 0.3) is 5.91 Å². The maximum atomic E-state index is 15.1. The highest BCUT2D eigenvalue weighted by Crippen LogP contribution is 2.39. The lowest BCUT2D eigenvalue weighted by molar-refractivity contribution is -0.152. The van der Waals surface area contributed by atoms with E-state index in [-0.39, 0.29) is 61.0 Å². The number of Topliss-reactive ketones (excluding diaryl/α,β-unsaturated/α-hetero) is 1. The molecule has 6 heterocycles. The Bertz CT molecular complexity index is 2090. The van der Waals surface area contributed by atoms with Crippen LogP contribution >= 0.6 is 23.1 Å². The number of benzene rings is 1. The molecule has 4 fully saturated rings. The number of fused-ring (bicyclic) bond motifs is 2. The van der Waals surface area contributed by atoms with Crippen molar-refractivity contribution >= 4 is 57.0 Å². The van der Waals surface area contributed by atoms with E-state index in [9.17, 15) is 19.2 Å². The van der Waals surface area contributed by atoms with Gasteiger partial charge in [0.05, 0.1) is 32.9 Å². The van der Waals surface area contributed by atoms with Crippen molar-refractivity contribution in [1.82, 2.24) is 30.4 Å². The standard InChI is InChI=1S/C41H45FN6O6S2/c42-29-19-26(18-28(49)17-25-5-6-25)8-10-33(29)54-34-11-12-43-31-20-36(56-40(31)34)30-9-7-27(21-44-30)22-47-13-15-48(16-14-47)37(50)23-53-38(51)4-2-1-3-35-39-32(24-55-35)45-41(52)46-39/h7-12,19-21,25,32,35,39H,1-6,13-18,22-24H2,(H2,45,46,52)/t32-,35-,39-/m1/s1. The third kappa shape index (κ3) is 9.49. The van der Waals surface area contributed by atoms with Crippen LogP contribution in [0.1, 0.15) is 56.1 Å². The predicted molar refractivity (Wildman–Crippen MR) is 212 cm³/mol. The molecular weight excluding hydrogens is 756 g/mol. The van der Waals surface area contributed by atoms with Gasteiger partial charge in [-0.1, -0.05) is 18.6 Å². The maximum absolute atomic E-state index is 15.1. The van der Waals surface area contributed by atoms with Crippen molar-refractivity contribution in [1.29, 1.82) is 0 Å². The summed E-state index contributed by atoms with van der Waals surface area (Å²) in [5.41, 5.74) is 3.22. The normalized spacial score (nSPS) is 20.8. The van der Waals surface area contributed by atoms with Crippen LogP contribution in [0.3, 0.4) is 0 Å². The van der Waals surface area contributed by atoms with Crippen LogP contribution in [-0.2, 0) is 32.1 Å². The van der Waals surface area contributed by atoms with Gasteiger partial charge < -0.3 is 25.0 Å². The number of hydrogen-bond acceptors (Lipinski definition) is 11. The molecular formula is C41H45FN6O6S2. The molecule has 0 spiro atoms. The monoisotopic (exact) mass is 800 g/mol. The molecule has 12 nitrogen and oxygen atoms in total. The van der Waals surface area contributed by atoms with E-state index in [4.69, 9.17) is 14.5 Å². The summed E-state index contributed by atoms with van der Waals surface area (Å²) in [6, 6.07) is 12.7. The van der Waals surface area contributed by atoms with Crippen LogP contribution in [0, 0.1) is 11.7 Å². The van der Waals surface area contributed by atoms with Crippen molar-refractivity contribution in [2.24, 2.45) is 5.92 Å². The fourth-order valence-corrected chi connectivity index (χ4v) is 10.1. The van der Waals surface area contributed by atoms with Crippen LogP contribution in [0.25, 0.3) is 20.8 Å². The van der Waals surface area contributed by atoms with Gasteiger partial charge in [0.2, 0.25) is 0 Å². The van der Waals surface area contributed by atoms with Gasteiger partial charge in [0.1, 0.15) is 11.5 Å². The average Bonchev–Trinajstić information content (AvgIpc) is 3.57. The molecule has 0 unspecified atom stereocenters. The lowest BCUT2D eigenvalue weighted by Gasteiger charge is -2.34. The fourth-order valence-electron chi connectivity index (χ4n) is 7.56. The average molecular weight is 801 g/mol. The SMILES string of the molecule is O=C(Cc1ccc(Oc2ccnc3cc(-c4ccc(CN5CCN(C(=O)COC(=O)CCCC[C@H]6SC[C@H]7NC(=O)N[C@H]76)CC5)cn4)sc23)c(F)c1)CC1CC1. The van der Waals surface area contributed by atoms with Gasteiger partial charge in [-0.05, 0) is 67.0 Å². The van der Waals surface area contributed by atoms with Crippen molar-refractivity contribution in [2.45, 2.75) is 75.2 Å². The van der Waals surface area contributed by atoms with Gasteiger partial charge in [-0.3, -0.25) is 29.3 Å². The molecule has 3 aliphatic heterocycles. The lowest BCUT2D eigenvalue weighted by atomic mass is 10.0. The Kier molecular flexibility index (Phi) is 11.8. The highest BCUT2D eigenvalue weighted by molar-refractivity contribution is 8.00. The van der Waals surface area contributed by atoms with E-state index in [1.54, 1.807) is 29.3 Å². The zero-order valence-corrected chi connectivity index (χ0v) is 32.7. The van der Waals surface area contributed by atoms with Crippen molar-refractivity contribution in [3.8, 4) is 22.1 Å². The second kappa shape index (κ2) is 17.3. The molecule has 0 bridgehead atoms. The minimum atomic E-state index is -0.509. The van der Waals surface area contributed by atoms with E-state index in [1.807, 2.05) is 36.2 Å². The topological polar surface area (TPSA) is 143 Å². The Balaban J connectivity index is 0.764. The number of nitrogens with zero attached hydrogens (tertiary/aromatic N) is 4. The zero-order valence-electron chi connectivity index (χ0n) is 31.0. The summed E-state index contributed by atoms with van der Waals surface area (Å²) < 4.78 is 27.2. The molecule has 2 N–H and O–H groups in total. The van der Waals surface area contributed by atoms with Gasteiger partial charge in [0, 0.05) is 81.4 Å². The molecule has 3 amide bonds. The Morgan fingerprint density at radius 2 is 1.79 bits per heavy atom. The number of pyridine rings is 2. The zero-order chi connectivity index (χ0) is 38.6. The number of ketones is 1. The number of thioether (sulfide) groups is 1. The van der Waals surface area contributed by atoms with E-state index in [0.29, 0.717) is 68.0 Å². The number of halogens is 1. The van der Waals surface area contributed by atoms with E-state index >= 15 is 4.39 Å². The molecule has 1 saturated carbocycles. The van der Waals surface area contributed by atoms with E-state index < -0.39 is 5.82 Å². The molecule has 4 aliphatic rings. The third-order valence-corrected chi connectivity index (χ3v) is 13.5. The lowest BCUT2D eigenvalue weighted by Crippen LogP contribution is -2.49. The van der Waals surface area contributed by atoms with Crippen molar-refractivity contribution in [3.05, 3.63) is 71.8 Å². The number of nitrogens with one attached hydrogen (secondary N) is 2. The number of rotatable bonds is 16. The van der Waals surface area contributed by atoms with Gasteiger partial charge >= 0.3 is 12.0 Å². The fraction of sp³-hybridized carbons (Fsp3) is 0.463. The van der Waals surface area contributed by atoms with Gasteiger partial charge in [-0.25, -0.2) is 9.18 Å². The predicted octanol–water partition coefficient (Wildman–Crippen LogP) is 6.11. The van der Waals surface area contributed by atoms with Crippen LogP contribution in [0.4, 0.5) is 9.18 Å². The summed E-state index contributed by atoms with van der Waals surface area (Å²) in [6.07, 6.45) is 9.29. The number of esters is 1. The van der Waals surface area contributed by atoms with E-state index in [2.05, 4.69) is 20.5 Å². The molecule has 8 rings (SSSR count). The minimum absolute atomic E-state index is 0.0943. The molecule has 1 aliphatic carbocycles. The summed E-state index contributed by atoms with van der Waals surface area (Å²) in [5.74, 6) is 1.12. The van der Waals surface area contributed by atoms with Crippen molar-refractivity contribution in [3.63, 3.8) is 0 Å². The first-order valence-corrected chi connectivity index (χ1v) is 21.3. The largest absolute Gasteiger partial charge is 0.456 e. The van der Waals surface area contributed by atoms with Gasteiger partial charge in [-0.2, -0.15) is 11.8 Å². The Morgan fingerprint density at radius 1 is 0.946 bits per heavy atom. The number of carbonyl (C=O) groups is 4. The number of ether oxygens (including phenoxy) is 2. The second-order valence-corrected chi connectivity index (χ2v) is 17.4. The highest BCUT2D eigenvalue weighted by Gasteiger charge is 2.42. The molecule has 294 valence electrons. The highest BCUT2D eigenvalue weighted by atomic mass is 32.2. The summed E-state index contributed by atoms with van der Waals surface area (Å²) in [6.45, 7) is 2.97. The number of thiophene rings is 1. The summed E-state index contributed by atoms with van der Waals surface area (Å²) in [7, 11) is 0. The molecule has 15 heteroatoms. The number of piperazine rings is 1. The maximum Gasteiger partial charge on any atom is 0.315 e. The van der Waals surface area contributed by atoms with E-state index in [0.717, 1.165) is 57.8 Å². The number of amides is 3. The summed E-state index contributed by atoms with van der Waals surface area (Å²) in [5, 5.41) is 6.30. The van der Waals surface area contributed by atoms with Crippen molar-refractivity contribution < 1.29 is 33.0 Å². The van der Waals surface area contributed by atoms with Crippen LogP contribution in [-0.4, -0.2) is 99.3 Å². The molecule has 3 atom stereocenters. The number of carbonyl (C=O) groups excluding carboxylic acids is 4. The molecule has 0 radical (unpaired) electrons. The van der Waals surface area contributed by atoms with Crippen LogP contribution < -0.4 is 15.4 Å². The third-order valence-electron chi connectivity index (χ3n) is 10.8. The molecule has 3 saturated heterocycles. The quantitative estimate of drug-likeness (QED) is 0.0774. The molecule has 56 heavy (non-hydrogen) atoms. The first-order valence-electron chi connectivity index (χ1n) is 19.4. The van der Waals surface area contributed by atoms with Gasteiger partial charge in [0.15, 0.2) is 18.2 Å². The number of aromatic nitrogens is 2. The summed E-state index contributed by atoms with van der Waals surface area (Å²) >= 11 is 3.34. The molecule has 1 aromatic carbocycles. The first-order chi connectivity index (χ1) is 27.2. The Morgan fingerprint density at radius 3 is 2.57 bits per heavy atom. The van der Waals surface area contributed by atoms with Crippen molar-refractivity contribution in [2.75, 3.05) is 38.5 Å². The smallest absolute Gasteiger partial charge is 0.315 e. The Hall–Kier alpha value is -4.60. The Labute approximate surface area is 332 Å². The van der Waals surface area contributed by atoms with Crippen LogP contribution in [0.5, 0.6) is 11.5 Å². The van der Waals surface area contributed by atoms with Gasteiger partial charge in [-0.15, -0.1) is 11.3 Å². The summed E-state index contributed by atoms with van der Waals surface area (Å²) in [4.78, 5) is 63.1. The number of urea groups is 1. The molecule has 3 aromatic heterocycles. The van der Waals surface area contributed by atoms with Crippen LogP contribution in [0.15, 0.2) is 54.9 Å². The minimum Gasteiger partial charge on any atom is -0.456 e. The second-order valence-electron chi connectivity index (χ2n) is 15.1.